The van der Waals surface area contributed by atoms with E-state index in [1.54, 1.807) is 0 Å². The Kier molecular flexibility index (Phi) is 4.59. The molecule has 0 saturated carbocycles. The van der Waals surface area contributed by atoms with Gasteiger partial charge in [-0.25, -0.2) is 4.98 Å². The Balaban J connectivity index is 2.08. The third-order valence-corrected chi connectivity index (χ3v) is 4.69. The van der Waals surface area contributed by atoms with Crippen molar-refractivity contribution in [2.75, 3.05) is 38.1 Å². The fourth-order valence-corrected chi connectivity index (χ4v) is 3.52. The van der Waals surface area contributed by atoms with Gasteiger partial charge in [-0.15, -0.1) is 11.3 Å². The van der Waals surface area contributed by atoms with Gasteiger partial charge in [0, 0.05) is 37.1 Å². The van der Waals surface area contributed by atoms with Crippen molar-refractivity contribution in [3.8, 4) is 0 Å². The highest BCUT2D eigenvalue weighted by Gasteiger charge is 2.24. The Hall–Kier alpha value is -0.650. The van der Waals surface area contributed by atoms with Crippen LogP contribution in [0.3, 0.4) is 0 Å². The molecule has 1 saturated heterocycles. The van der Waals surface area contributed by atoms with Gasteiger partial charge >= 0.3 is 0 Å². The van der Waals surface area contributed by atoms with Gasteiger partial charge in [-0.2, -0.15) is 0 Å². The van der Waals surface area contributed by atoms with Crippen molar-refractivity contribution < 1.29 is 0 Å². The molecular formula is C13H24N4S. The van der Waals surface area contributed by atoms with Crippen LogP contribution in [0.4, 0.5) is 5.13 Å². The molecule has 18 heavy (non-hydrogen) atoms. The number of nitrogens with one attached hydrogen (secondary N) is 1. The van der Waals surface area contributed by atoms with Crippen LogP contribution in [0, 0.1) is 6.92 Å². The summed E-state index contributed by atoms with van der Waals surface area (Å²) in [7, 11) is 2.19. The summed E-state index contributed by atoms with van der Waals surface area (Å²) in [6, 6.07) is 0.557. The zero-order valence-electron chi connectivity index (χ0n) is 11.9. The topological polar surface area (TPSA) is 31.4 Å². The summed E-state index contributed by atoms with van der Waals surface area (Å²) in [6.07, 6.45) is 0. The van der Waals surface area contributed by atoms with E-state index < -0.39 is 0 Å². The van der Waals surface area contributed by atoms with Crippen LogP contribution in [0.5, 0.6) is 0 Å². The van der Waals surface area contributed by atoms with E-state index in [4.69, 9.17) is 4.98 Å². The van der Waals surface area contributed by atoms with Crippen LogP contribution in [0.1, 0.15) is 24.4 Å². The third-order valence-electron chi connectivity index (χ3n) is 3.49. The second-order valence-electron chi connectivity index (χ2n) is 5.09. The number of hydrogen-bond donors (Lipinski definition) is 1. The molecule has 4 nitrogen and oxygen atoms in total. The van der Waals surface area contributed by atoms with E-state index >= 15 is 0 Å². The van der Waals surface area contributed by atoms with Crippen molar-refractivity contribution in [1.29, 1.82) is 0 Å². The van der Waals surface area contributed by atoms with Gasteiger partial charge in [0.15, 0.2) is 5.13 Å². The van der Waals surface area contributed by atoms with Gasteiger partial charge in [0.25, 0.3) is 0 Å². The highest BCUT2D eigenvalue weighted by atomic mass is 32.1. The van der Waals surface area contributed by atoms with Gasteiger partial charge < -0.3 is 15.1 Å². The van der Waals surface area contributed by atoms with Gasteiger partial charge in [0.1, 0.15) is 0 Å². The first-order valence-corrected chi connectivity index (χ1v) is 7.55. The summed E-state index contributed by atoms with van der Waals surface area (Å²) in [5, 5.41) is 4.58. The molecule has 0 spiro atoms. The molecule has 0 bridgehead atoms. The summed E-state index contributed by atoms with van der Waals surface area (Å²) in [5.41, 5.74) is 1.18. The lowest BCUT2D eigenvalue weighted by Gasteiger charge is -2.38. The van der Waals surface area contributed by atoms with Crippen molar-refractivity contribution in [1.82, 2.24) is 15.2 Å². The standard InChI is InChI=1S/C13H24N4S/c1-5-14-8-12-11(3)15-13(18-12)17-7-6-16(4)9-10(17)2/h10,14H,5-9H2,1-4H3. The number of anilines is 1. The summed E-state index contributed by atoms with van der Waals surface area (Å²) >= 11 is 1.84. The molecule has 102 valence electrons. The van der Waals surface area contributed by atoms with Gasteiger partial charge in [-0.3, -0.25) is 0 Å². The number of thiazole rings is 1. The predicted molar refractivity (Wildman–Crippen MR) is 78.5 cm³/mol. The van der Waals surface area contributed by atoms with Crippen LogP contribution in [-0.2, 0) is 6.54 Å². The maximum Gasteiger partial charge on any atom is 0.186 e. The molecule has 5 heteroatoms. The zero-order chi connectivity index (χ0) is 13.1. The van der Waals surface area contributed by atoms with E-state index in [1.807, 2.05) is 11.3 Å². The molecule has 1 aromatic heterocycles. The minimum absolute atomic E-state index is 0.557. The SMILES string of the molecule is CCNCc1sc(N2CCN(C)CC2C)nc1C. The Morgan fingerprint density at radius 3 is 2.89 bits per heavy atom. The summed E-state index contributed by atoms with van der Waals surface area (Å²) in [5.74, 6) is 0. The third kappa shape index (κ3) is 3.02. The van der Waals surface area contributed by atoms with Crippen molar-refractivity contribution >= 4 is 16.5 Å². The molecule has 1 aromatic rings. The molecule has 2 rings (SSSR count). The first-order valence-electron chi connectivity index (χ1n) is 6.74. The fourth-order valence-electron chi connectivity index (χ4n) is 2.36. The van der Waals surface area contributed by atoms with Crippen molar-refractivity contribution in [2.45, 2.75) is 33.4 Å². The highest BCUT2D eigenvalue weighted by molar-refractivity contribution is 7.15. The number of piperazine rings is 1. The number of aromatic nitrogens is 1. The van der Waals surface area contributed by atoms with E-state index in [0.29, 0.717) is 6.04 Å². The molecule has 0 radical (unpaired) electrons. The molecule has 1 fully saturated rings. The first kappa shape index (κ1) is 13.8. The lowest BCUT2D eigenvalue weighted by molar-refractivity contribution is 0.275. The first-order chi connectivity index (χ1) is 8.61. The Labute approximate surface area is 114 Å². The number of hydrogen-bond acceptors (Lipinski definition) is 5. The monoisotopic (exact) mass is 268 g/mol. The van der Waals surface area contributed by atoms with Crippen molar-refractivity contribution in [3.63, 3.8) is 0 Å². The lowest BCUT2D eigenvalue weighted by Crippen LogP contribution is -2.50. The molecule has 1 aliphatic heterocycles. The smallest absolute Gasteiger partial charge is 0.186 e. The average molecular weight is 268 g/mol. The largest absolute Gasteiger partial charge is 0.343 e. The Morgan fingerprint density at radius 1 is 1.44 bits per heavy atom. The number of aryl methyl sites for hydroxylation is 1. The molecule has 2 heterocycles. The van der Waals surface area contributed by atoms with Crippen LogP contribution in [0.2, 0.25) is 0 Å². The molecule has 1 aliphatic rings. The summed E-state index contributed by atoms with van der Waals surface area (Å²) < 4.78 is 0. The summed E-state index contributed by atoms with van der Waals surface area (Å²) in [6.45, 7) is 11.8. The maximum atomic E-state index is 4.75. The van der Waals surface area contributed by atoms with Gasteiger partial charge in [0.2, 0.25) is 0 Å². The van der Waals surface area contributed by atoms with Crippen molar-refractivity contribution in [2.24, 2.45) is 0 Å². The molecule has 0 amide bonds. The predicted octanol–water partition coefficient (Wildman–Crippen LogP) is 1.70. The van der Waals surface area contributed by atoms with E-state index in [2.05, 4.69) is 42.9 Å². The number of nitrogens with zero attached hydrogens (tertiary/aromatic N) is 3. The van der Waals surface area contributed by atoms with Crippen LogP contribution >= 0.6 is 11.3 Å². The van der Waals surface area contributed by atoms with Crippen LogP contribution in [0.25, 0.3) is 0 Å². The lowest BCUT2D eigenvalue weighted by atomic mass is 10.2. The van der Waals surface area contributed by atoms with E-state index in [1.165, 1.54) is 15.7 Å². The summed E-state index contributed by atoms with van der Waals surface area (Å²) in [4.78, 5) is 11.0. The normalized spacial score (nSPS) is 21.6. The van der Waals surface area contributed by atoms with E-state index in [9.17, 15) is 0 Å². The number of rotatable bonds is 4. The van der Waals surface area contributed by atoms with Gasteiger partial charge in [-0.05, 0) is 27.4 Å². The van der Waals surface area contributed by atoms with Gasteiger partial charge in [-0.1, -0.05) is 6.92 Å². The minimum Gasteiger partial charge on any atom is -0.343 e. The van der Waals surface area contributed by atoms with E-state index in [0.717, 1.165) is 32.7 Å². The molecule has 1 atom stereocenters. The van der Waals surface area contributed by atoms with Gasteiger partial charge in [0.05, 0.1) is 5.69 Å². The molecule has 0 aromatic carbocycles. The fraction of sp³-hybridized carbons (Fsp3) is 0.769. The van der Waals surface area contributed by atoms with Crippen LogP contribution < -0.4 is 10.2 Å². The molecule has 1 N–H and O–H groups in total. The van der Waals surface area contributed by atoms with E-state index in [-0.39, 0.29) is 0 Å². The zero-order valence-corrected chi connectivity index (χ0v) is 12.7. The Morgan fingerprint density at radius 2 is 2.22 bits per heavy atom. The van der Waals surface area contributed by atoms with Crippen LogP contribution in [0.15, 0.2) is 0 Å². The quantitative estimate of drug-likeness (QED) is 0.901. The highest BCUT2D eigenvalue weighted by Crippen LogP contribution is 2.28. The average Bonchev–Trinajstić information content (AvgIpc) is 2.68. The molecule has 1 unspecified atom stereocenters. The molecular weight excluding hydrogens is 244 g/mol. The molecule has 0 aliphatic carbocycles. The maximum absolute atomic E-state index is 4.75. The second kappa shape index (κ2) is 5.99. The minimum atomic E-state index is 0.557. The second-order valence-corrected chi connectivity index (χ2v) is 6.15. The van der Waals surface area contributed by atoms with Crippen LogP contribution in [-0.4, -0.2) is 49.2 Å². The Bertz CT molecular complexity index is 390. The number of likely N-dealkylation sites (N-methyl/N-ethyl adjacent to an activating group) is 1. The van der Waals surface area contributed by atoms with Crippen molar-refractivity contribution in [3.05, 3.63) is 10.6 Å².